The molecule has 1 rings (SSSR count). The quantitative estimate of drug-likeness (QED) is 0.445. The molecule has 0 radical (unpaired) electrons. The number of carbonyl (C=O) groups excluding carboxylic acids is 1. The Kier molecular flexibility index (Phi) is 3.49. The van der Waals surface area contributed by atoms with Crippen LogP contribution >= 0.6 is 15.9 Å². The summed E-state index contributed by atoms with van der Waals surface area (Å²) < 4.78 is 0. The van der Waals surface area contributed by atoms with E-state index in [9.17, 15) is 9.90 Å². The van der Waals surface area contributed by atoms with Crippen LogP contribution in [0.1, 0.15) is 6.42 Å². The number of hydrogen-bond acceptors (Lipinski definition) is 3. The average molecular weight is 238 g/mol. The van der Waals surface area contributed by atoms with E-state index in [0.29, 0.717) is 11.8 Å². The molecule has 0 spiro atoms. The van der Waals surface area contributed by atoms with Crippen molar-refractivity contribution in [3.63, 3.8) is 0 Å². The Morgan fingerprint density at radius 1 is 1.67 bits per heavy atom. The van der Waals surface area contributed by atoms with Gasteiger partial charge in [-0.2, -0.15) is 0 Å². The van der Waals surface area contributed by atoms with Crippen molar-refractivity contribution in [3.05, 3.63) is 0 Å². The molecule has 1 aliphatic heterocycles. The Labute approximate surface area is 79.1 Å². The van der Waals surface area contributed by atoms with Gasteiger partial charge in [-0.1, -0.05) is 15.9 Å². The summed E-state index contributed by atoms with van der Waals surface area (Å²) in [5.74, 6) is -0.475. The van der Waals surface area contributed by atoms with Crippen molar-refractivity contribution in [2.45, 2.75) is 18.6 Å². The molecule has 70 valence electrons. The molecular formula is C7H12BrNO3. The van der Waals surface area contributed by atoms with Gasteiger partial charge in [-0.3, -0.25) is 4.79 Å². The molecule has 0 bridgehead atoms. The molecule has 0 aromatic heterocycles. The smallest absolute Gasteiger partial charge is 0.228 e. The van der Waals surface area contributed by atoms with Crippen LogP contribution in [0.15, 0.2) is 0 Å². The molecule has 12 heavy (non-hydrogen) atoms. The molecule has 0 saturated carbocycles. The summed E-state index contributed by atoms with van der Waals surface area (Å²) in [4.78, 5) is 10.9. The summed E-state index contributed by atoms with van der Waals surface area (Å²) in [6.07, 6.45) is -0.129. The molecule has 0 aromatic carbocycles. The minimum atomic E-state index is -0.643. The van der Waals surface area contributed by atoms with Gasteiger partial charge in [-0.25, -0.2) is 0 Å². The molecule has 3 atom stereocenters. The molecule has 5 heteroatoms. The normalized spacial score (nSPS) is 30.8. The Morgan fingerprint density at radius 2 is 2.33 bits per heavy atom. The summed E-state index contributed by atoms with van der Waals surface area (Å²) in [7, 11) is 0. The molecule has 0 aliphatic carbocycles. The number of aliphatic hydroxyl groups excluding tert-OH is 2. The Balaban J connectivity index is 2.43. The fourth-order valence-corrected chi connectivity index (χ4v) is 1.79. The van der Waals surface area contributed by atoms with Crippen LogP contribution in [-0.2, 0) is 4.79 Å². The Bertz CT molecular complexity index is 176. The topological polar surface area (TPSA) is 69.6 Å². The Morgan fingerprint density at radius 3 is 2.75 bits per heavy atom. The highest BCUT2D eigenvalue weighted by Gasteiger charge is 2.42. The number of amides is 1. The lowest BCUT2D eigenvalue weighted by Crippen LogP contribution is -2.62. The third kappa shape index (κ3) is 1.78. The van der Waals surface area contributed by atoms with Crippen LogP contribution in [0.4, 0.5) is 0 Å². The van der Waals surface area contributed by atoms with E-state index >= 15 is 0 Å². The number of hydrogen-bond donors (Lipinski definition) is 3. The van der Waals surface area contributed by atoms with Crippen molar-refractivity contribution in [3.8, 4) is 0 Å². The van der Waals surface area contributed by atoms with Crippen LogP contribution < -0.4 is 5.32 Å². The molecule has 1 amide bonds. The summed E-state index contributed by atoms with van der Waals surface area (Å²) >= 11 is 3.10. The van der Waals surface area contributed by atoms with E-state index < -0.39 is 6.10 Å². The van der Waals surface area contributed by atoms with Crippen molar-refractivity contribution in [1.29, 1.82) is 0 Å². The predicted molar refractivity (Wildman–Crippen MR) is 46.9 cm³/mol. The second kappa shape index (κ2) is 4.20. The van der Waals surface area contributed by atoms with Gasteiger partial charge in [-0.05, 0) is 6.42 Å². The fraction of sp³-hybridized carbons (Fsp3) is 0.857. The van der Waals surface area contributed by atoms with E-state index in [4.69, 9.17) is 5.11 Å². The van der Waals surface area contributed by atoms with Gasteiger partial charge < -0.3 is 15.5 Å². The first-order valence-electron chi connectivity index (χ1n) is 3.86. The second-order valence-electron chi connectivity index (χ2n) is 2.87. The maximum atomic E-state index is 10.9. The maximum Gasteiger partial charge on any atom is 0.228 e. The van der Waals surface area contributed by atoms with Crippen LogP contribution in [-0.4, -0.2) is 40.2 Å². The zero-order chi connectivity index (χ0) is 9.14. The van der Waals surface area contributed by atoms with E-state index in [1.807, 2.05) is 0 Å². The zero-order valence-electron chi connectivity index (χ0n) is 6.53. The zero-order valence-corrected chi connectivity index (χ0v) is 8.12. The molecule has 1 saturated heterocycles. The number of carbonyl (C=O) groups is 1. The van der Waals surface area contributed by atoms with Crippen molar-refractivity contribution in [1.82, 2.24) is 5.32 Å². The maximum absolute atomic E-state index is 10.9. The van der Waals surface area contributed by atoms with Gasteiger partial charge in [0.25, 0.3) is 0 Å². The Hall–Kier alpha value is -0.130. The largest absolute Gasteiger partial charge is 0.396 e. The third-order valence-electron chi connectivity index (χ3n) is 2.08. The van der Waals surface area contributed by atoms with Gasteiger partial charge in [0.05, 0.1) is 12.0 Å². The van der Waals surface area contributed by atoms with Crippen LogP contribution in [0.25, 0.3) is 0 Å². The van der Waals surface area contributed by atoms with Crippen LogP contribution in [0.2, 0.25) is 0 Å². The second-order valence-corrected chi connectivity index (χ2v) is 3.52. The first-order chi connectivity index (χ1) is 5.70. The first-order valence-corrected chi connectivity index (χ1v) is 4.98. The monoisotopic (exact) mass is 237 g/mol. The minimum Gasteiger partial charge on any atom is -0.396 e. The van der Waals surface area contributed by atoms with Gasteiger partial charge in [0.2, 0.25) is 5.91 Å². The number of nitrogens with one attached hydrogen (secondary N) is 1. The third-order valence-corrected chi connectivity index (χ3v) is 2.74. The van der Waals surface area contributed by atoms with E-state index in [1.165, 1.54) is 0 Å². The SMILES string of the molecule is O=C1N[C@H](CCO)[C@@H]1[C@@H](O)CBr. The van der Waals surface area contributed by atoms with E-state index in [-0.39, 0.29) is 24.5 Å². The van der Waals surface area contributed by atoms with Gasteiger partial charge in [-0.15, -0.1) is 0 Å². The van der Waals surface area contributed by atoms with Gasteiger partial charge in [0, 0.05) is 18.0 Å². The summed E-state index contributed by atoms with van der Waals surface area (Å²) in [6.45, 7) is 0.0381. The van der Waals surface area contributed by atoms with Crippen molar-refractivity contribution < 1.29 is 15.0 Å². The lowest BCUT2D eigenvalue weighted by molar-refractivity contribution is -0.140. The highest BCUT2D eigenvalue weighted by Crippen LogP contribution is 2.22. The molecule has 1 fully saturated rings. The number of rotatable bonds is 4. The standard InChI is InChI=1S/C7H12BrNO3/c8-3-5(11)6-4(1-2-10)9-7(6)12/h4-6,10-11H,1-3H2,(H,9,12)/t4-,5+,6-/m1/s1. The fourth-order valence-electron chi connectivity index (χ4n) is 1.38. The highest BCUT2D eigenvalue weighted by molar-refractivity contribution is 9.09. The minimum absolute atomic E-state index is 0.0381. The number of aliphatic hydroxyl groups is 2. The first kappa shape index (κ1) is 9.95. The molecule has 1 aliphatic rings. The molecule has 1 heterocycles. The summed E-state index contributed by atoms with van der Waals surface area (Å²) in [5, 5.41) is 21.0. The van der Waals surface area contributed by atoms with Crippen LogP contribution in [0.5, 0.6) is 0 Å². The van der Waals surface area contributed by atoms with Crippen LogP contribution in [0.3, 0.4) is 0 Å². The lowest BCUT2D eigenvalue weighted by Gasteiger charge is -2.38. The van der Waals surface area contributed by atoms with Crippen molar-refractivity contribution in [2.24, 2.45) is 5.92 Å². The number of β-lactam (4-membered cyclic amide) rings is 1. The molecule has 4 nitrogen and oxygen atoms in total. The van der Waals surface area contributed by atoms with Crippen molar-refractivity contribution >= 4 is 21.8 Å². The molecule has 3 N–H and O–H groups in total. The van der Waals surface area contributed by atoms with Gasteiger partial charge >= 0.3 is 0 Å². The molecule has 0 unspecified atom stereocenters. The lowest BCUT2D eigenvalue weighted by atomic mass is 9.84. The summed E-state index contributed by atoms with van der Waals surface area (Å²) in [5.41, 5.74) is 0. The van der Waals surface area contributed by atoms with E-state index in [0.717, 1.165) is 0 Å². The van der Waals surface area contributed by atoms with Gasteiger partial charge in [0.1, 0.15) is 0 Å². The predicted octanol–water partition coefficient (Wildman–Crippen LogP) is -0.761. The number of alkyl halides is 1. The summed E-state index contributed by atoms with van der Waals surface area (Å²) in [6, 6.07) is -0.0601. The van der Waals surface area contributed by atoms with E-state index in [1.54, 1.807) is 0 Å². The van der Waals surface area contributed by atoms with Crippen LogP contribution in [0, 0.1) is 5.92 Å². The van der Waals surface area contributed by atoms with Crippen molar-refractivity contribution in [2.75, 3.05) is 11.9 Å². The van der Waals surface area contributed by atoms with E-state index in [2.05, 4.69) is 21.2 Å². The average Bonchev–Trinajstić information content (AvgIpc) is 2.03. The molecular weight excluding hydrogens is 226 g/mol. The molecule has 0 aromatic rings. The number of halogens is 1. The van der Waals surface area contributed by atoms with Gasteiger partial charge in [0.15, 0.2) is 0 Å². The highest BCUT2D eigenvalue weighted by atomic mass is 79.9.